The van der Waals surface area contributed by atoms with E-state index in [0.717, 1.165) is 11.5 Å². The number of anilines is 1. The maximum absolute atomic E-state index is 11.7. The summed E-state index contributed by atoms with van der Waals surface area (Å²) in [6.45, 7) is 2.18. The van der Waals surface area contributed by atoms with Crippen molar-refractivity contribution in [2.75, 3.05) is 18.5 Å². The Bertz CT molecular complexity index is 269. The molecule has 0 spiro atoms. The van der Waals surface area contributed by atoms with Crippen LogP contribution in [0.25, 0.3) is 0 Å². The van der Waals surface area contributed by atoms with Gasteiger partial charge in [0, 0.05) is 18.1 Å². The van der Waals surface area contributed by atoms with Crippen molar-refractivity contribution in [1.29, 1.82) is 0 Å². The standard InChI is InChI=1S/C7H11F2N3OS/c1-2-10-7-5(11-12-14-7)3-13-4-6(8)9/h6,10H,2-4H2,1H3. The maximum atomic E-state index is 11.7. The Morgan fingerprint density at radius 2 is 2.36 bits per heavy atom. The van der Waals surface area contributed by atoms with Crippen LogP contribution in [-0.4, -0.2) is 29.2 Å². The van der Waals surface area contributed by atoms with Crippen LogP contribution < -0.4 is 5.32 Å². The summed E-state index contributed by atoms with van der Waals surface area (Å²) in [5, 5.41) is 7.57. The molecular formula is C7H11F2N3OS. The molecule has 1 aromatic heterocycles. The lowest BCUT2D eigenvalue weighted by Gasteiger charge is -2.03. The van der Waals surface area contributed by atoms with E-state index in [1.54, 1.807) is 0 Å². The fourth-order valence-electron chi connectivity index (χ4n) is 0.843. The molecular weight excluding hydrogens is 212 g/mol. The average molecular weight is 223 g/mol. The highest BCUT2D eigenvalue weighted by Crippen LogP contribution is 2.17. The highest BCUT2D eigenvalue weighted by atomic mass is 32.1. The van der Waals surface area contributed by atoms with Crippen LogP contribution in [0, 0.1) is 0 Å². The van der Waals surface area contributed by atoms with Crippen molar-refractivity contribution in [3.63, 3.8) is 0 Å². The molecule has 4 nitrogen and oxygen atoms in total. The van der Waals surface area contributed by atoms with Gasteiger partial charge in [-0.25, -0.2) is 8.78 Å². The van der Waals surface area contributed by atoms with Gasteiger partial charge in [0.05, 0.1) is 6.61 Å². The smallest absolute Gasteiger partial charge is 0.261 e. The quantitative estimate of drug-likeness (QED) is 0.798. The van der Waals surface area contributed by atoms with E-state index in [9.17, 15) is 8.78 Å². The van der Waals surface area contributed by atoms with Crippen LogP contribution in [0.1, 0.15) is 12.6 Å². The molecule has 1 N–H and O–H groups in total. The highest BCUT2D eigenvalue weighted by molar-refractivity contribution is 7.10. The van der Waals surface area contributed by atoms with Crippen molar-refractivity contribution in [1.82, 2.24) is 9.59 Å². The zero-order chi connectivity index (χ0) is 10.4. The molecule has 7 heteroatoms. The van der Waals surface area contributed by atoms with Crippen LogP contribution in [0.2, 0.25) is 0 Å². The summed E-state index contributed by atoms with van der Waals surface area (Å²) < 4.78 is 31.9. The average Bonchev–Trinajstić information content (AvgIpc) is 2.53. The predicted molar refractivity (Wildman–Crippen MR) is 49.7 cm³/mol. The number of aromatic nitrogens is 2. The number of nitrogens with one attached hydrogen (secondary N) is 1. The lowest BCUT2D eigenvalue weighted by molar-refractivity contribution is 0.00898. The first kappa shape index (κ1) is 11.3. The summed E-state index contributed by atoms with van der Waals surface area (Å²) in [4.78, 5) is 0. The summed E-state index contributed by atoms with van der Waals surface area (Å²) >= 11 is 1.19. The van der Waals surface area contributed by atoms with E-state index in [4.69, 9.17) is 4.74 Å². The van der Waals surface area contributed by atoms with Crippen molar-refractivity contribution in [2.45, 2.75) is 20.0 Å². The van der Waals surface area contributed by atoms with Gasteiger partial charge in [0.2, 0.25) is 0 Å². The third kappa shape index (κ3) is 3.51. The largest absolute Gasteiger partial charge is 0.374 e. The van der Waals surface area contributed by atoms with Crippen molar-refractivity contribution < 1.29 is 13.5 Å². The Hall–Kier alpha value is -0.820. The molecule has 14 heavy (non-hydrogen) atoms. The zero-order valence-electron chi connectivity index (χ0n) is 7.67. The number of ether oxygens (including phenoxy) is 1. The zero-order valence-corrected chi connectivity index (χ0v) is 8.48. The number of halogens is 2. The second kappa shape index (κ2) is 5.82. The minimum absolute atomic E-state index is 0.0726. The van der Waals surface area contributed by atoms with E-state index < -0.39 is 13.0 Å². The van der Waals surface area contributed by atoms with Crippen molar-refractivity contribution in [2.24, 2.45) is 0 Å². The van der Waals surface area contributed by atoms with Crippen LogP contribution in [-0.2, 0) is 11.3 Å². The summed E-state index contributed by atoms with van der Waals surface area (Å²) in [6.07, 6.45) is -2.44. The van der Waals surface area contributed by atoms with Crippen LogP contribution in [0.5, 0.6) is 0 Å². The van der Waals surface area contributed by atoms with Gasteiger partial charge < -0.3 is 10.1 Å². The number of alkyl halides is 2. The Labute approximate surface area is 84.4 Å². The molecule has 1 heterocycles. The summed E-state index contributed by atoms with van der Waals surface area (Å²) in [5.41, 5.74) is 0.581. The fourth-order valence-corrected chi connectivity index (χ4v) is 1.48. The van der Waals surface area contributed by atoms with Gasteiger partial charge in [-0.15, -0.1) is 5.10 Å². The van der Waals surface area contributed by atoms with E-state index in [2.05, 4.69) is 14.9 Å². The first-order valence-corrected chi connectivity index (χ1v) is 4.92. The van der Waals surface area contributed by atoms with E-state index >= 15 is 0 Å². The molecule has 0 aliphatic carbocycles. The topological polar surface area (TPSA) is 47.0 Å². The monoisotopic (exact) mass is 223 g/mol. The van der Waals surface area contributed by atoms with Crippen molar-refractivity contribution >= 4 is 16.5 Å². The second-order valence-electron chi connectivity index (χ2n) is 2.49. The summed E-state index contributed by atoms with van der Waals surface area (Å²) in [6, 6.07) is 0. The Balaban J connectivity index is 2.37. The van der Waals surface area contributed by atoms with Crippen LogP contribution in [0.15, 0.2) is 0 Å². The minimum atomic E-state index is -2.44. The number of nitrogens with zero attached hydrogens (tertiary/aromatic N) is 2. The van der Waals surface area contributed by atoms with Gasteiger partial charge in [0.1, 0.15) is 17.3 Å². The second-order valence-corrected chi connectivity index (χ2v) is 3.24. The fraction of sp³-hybridized carbons (Fsp3) is 0.714. The van der Waals surface area contributed by atoms with E-state index in [1.165, 1.54) is 11.5 Å². The molecule has 0 saturated carbocycles. The SMILES string of the molecule is CCNc1snnc1COCC(F)F. The van der Waals surface area contributed by atoms with Gasteiger partial charge in [0.25, 0.3) is 6.43 Å². The predicted octanol–water partition coefficient (Wildman–Crippen LogP) is 1.75. The van der Waals surface area contributed by atoms with Gasteiger partial charge in [-0.1, -0.05) is 4.49 Å². The third-order valence-corrected chi connectivity index (χ3v) is 2.10. The van der Waals surface area contributed by atoms with Gasteiger partial charge in [0.15, 0.2) is 0 Å². The van der Waals surface area contributed by atoms with E-state index in [-0.39, 0.29) is 6.61 Å². The normalized spacial score (nSPS) is 10.9. The molecule has 0 aliphatic heterocycles. The minimum Gasteiger partial charge on any atom is -0.374 e. The van der Waals surface area contributed by atoms with Crippen molar-refractivity contribution in [3.8, 4) is 0 Å². The molecule has 0 saturated heterocycles. The molecule has 0 radical (unpaired) electrons. The Morgan fingerprint density at radius 3 is 3.00 bits per heavy atom. The summed E-state index contributed by atoms with van der Waals surface area (Å²) in [7, 11) is 0. The third-order valence-electron chi connectivity index (χ3n) is 1.38. The molecule has 0 amide bonds. The van der Waals surface area contributed by atoms with Crippen LogP contribution >= 0.6 is 11.5 Å². The number of rotatable bonds is 6. The van der Waals surface area contributed by atoms with Crippen molar-refractivity contribution in [3.05, 3.63) is 5.69 Å². The van der Waals surface area contributed by atoms with Gasteiger partial charge >= 0.3 is 0 Å². The van der Waals surface area contributed by atoms with Gasteiger partial charge in [-0.3, -0.25) is 0 Å². The van der Waals surface area contributed by atoms with E-state index in [1.807, 2.05) is 6.92 Å². The van der Waals surface area contributed by atoms with Crippen LogP contribution in [0.4, 0.5) is 13.8 Å². The number of hydrogen-bond acceptors (Lipinski definition) is 5. The molecule has 0 aromatic carbocycles. The molecule has 0 fully saturated rings. The first-order chi connectivity index (χ1) is 6.74. The Kier molecular flexibility index (Phi) is 4.68. The number of hydrogen-bond donors (Lipinski definition) is 1. The molecule has 0 aliphatic rings. The lowest BCUT2D eigenvalue weighted by Crippen LogP contribution is -2.06. The summed E-state index contributed by atoms with van der Waals surface area (Å²) in [5.74, 6) is 0. The molecule has 1 rings (SSSR count). The van der Waals surface area contributed by atoms with Crippen LogP contribution in [0.3, 0.4) is 0 Å². The molecule has 0 atom stereocenters. The molecule has 1 aromatic rings. The molecule has 80 valence electrons. The molecule has 0 bridgehead atoms. The van der Waals surface area contributed by atoms with Gasteiger partial charge in [-0.2, -0.15) is 0 Å². The first-order valence-electron chi connectivity index (χ1n) is 4.15. The Morgan fingerprint density at radius 1 is 1.57 bits per heavy atom. The molecule has 0 unspecified atom stereocenters. The highest BCUT2D eigenvalue weighted by Gasteiger charge is 2.08. The van der Waals surface area contributed by atoms with E-state index in [0.29, 0.717) is 5.69 Å². The maximum Gasteiger partial charge on any atom is 0.261 e. The van der Waals surface area contributed by atoms with Gasteiger partial charge in [-0.05, 0) is 6.92 Å². The lowest BCUT2D eigenvalue weighted by atomic mass is 10.5.